The summed E-state index contributed by atoms with van der Waals surface area (Å²) in [5.74, 6) is -1.35. The monoisotopic (exact) mass is 142 g/mol. The smallest absolute Gasteiger partial charge is 0.313 e. The van der Waals surface area contributed by atoms with Gasteiger partial charge in [0, 0.05) is 12.7 Å². The maximum Gasteiger partial charge on any atom is 0.313 e. The third kappa shape index (κ3) is 2.86. The number of carbonyl (C=O) groups is 2. The van der Waals surface area contributed by atoms with Gasteiger partial charge in [0.05, 0.1) is 0 Å². The summed E-state index contributed by atoms with van der Waals surface area (Å²) in [5, 5.41) is 4.43. The molecule has 2 N–H and O–H groups in total. The molecule has 2 amide bonds. The minimum Gasteiger partial charge on any atom is -0.351 e. The first-order chi connectivity index (χ1) is 4.57. The summed E-state index contributed by atoms with van der Waals surface area (Å²) >= 11 is 0. The highest BCUT2D eigenvalue weighted by Crippen LogP contribution is 1.77. The maximum absolute atomic E-state index is 10.6. The number of amides is 2. The molecule has 56 valence electrons. The van der Waals surface area contributed by atoms with Crippen molar-refractivity contribution in [1.82, 2.24) is 10.6 Å². The number of hydrogen-bond donors (Lipinski definition) is 2. The van der Waals surface area contributed by atoms with Gasteiger partial charge in [-0.25, -0.2) is 0 Å². The van der Waals surface area contributed by atoms with Gasteiger partial charge in [0.2, 0.25) is 0 Å². The van der Waals surface area contributed by atoms with E-state index in [1.165, 1.54) is 7.05 Å². The molecule has 4 heteroatoms. The van der Waals surface area contributed by atoms with E-state index in [1.807, 2.05) is 0 Å². The third-order valence-corrected chi connectivity index (χ3v) is 0.760. The molecular formula is C6H10N2O2. The molecule has 0 fully saturated rings. The summed E-state index contributed by atoms with van der Waals surface area (Å²) in [6, 6.07) is 0. The van der Waals surface area contributed by atoms with Gasteiger partial charge in [-0.3, -0.25) is 9.59 Å². The van der Waals surface area contributed by atoms with Crippen LogP contribution >= 0.6 is 0 Å². The van der Waals surface area contributed by atoms with E-state index in [-0.39, 0.29) is 0 Å². The van der Waals surface area contributed by atoms with Gasteiger partial charge < -0.3 is 10.6 Å². The van der Waals surface area contributed by atoms with Crippen LogP contribution in [-0.2, 0) is 9.59 Å². The van der Waals surface area contributed by atoms with E-state index in [2.05, 4.69) is 17.2 Å². The lowest BCUT2D eigenvalue weighted by Gasteiger charge is -2.00. The largest absolute Gasteiger partial charge is 0.351 e. The molecule has 0 radical (unpaired) electrons. The molecule has 0 aromatic rings. The van der Waals surface area contributed by atoms with Gasteiger partial charge in [-0.1, -0.05) is 6.58 Å². The van der Waals surface area contributed by atoms with Gasteiger partial charge in [0.25, 0.3) is 0 Å². The van der Waals surface area contributed by atoms with Crippen LogP contribution in [0.25, 0.3) is 0 Å². The number of hydrogen-bond acceptors (Lipinski definition) is 2. The van der Waals surface area contributed by atoms with Gasteiger partial charge in [-0.05, 0) is 6.92 Å². The summed E-state index contributed by atoms with van der Waals surface area (Å²) in [4.78, 5) is 21.1. The molecule has 0 saturated carbocycles. The van der Waals surface area contributed by atoms with Crippen molar-refractivity contribution in [2.45, 2.75) is 6.92 Å². The van der Waals surface area contributed by atoms with Crippen LogP contribution in [0.2, 0.25) is 0 Å². The van der Waals surface area contributed by atoms with Crippen molar-refractivity contribution >= 4 is 11.8 Å². The Kier molecular flexibility index (Phi) is 3.17. The number of likely N-dealkylation sites (N-methyl/N-ethyl adjacent to an activating group) is 1. The van der Waals surface area contributed by atoms with Gasteiger partial charge in [-0.15, -0.1) is 0 Å². The van der Waals surface area contributed by atoms with Crippen molar-refractivity contribution in [1.29, 1.82) is 0 Å². The Hall–Kier alpha value is -1.32. The standard InChI is InChI=1S/C6H10N2O2/c1-4(2)8-6(10)5(9)7-3/h1H2,2-3H3,(H,7,9)(H,8,10). The number of allylic oxidation sites excluding steroid dienone is 1. The van der Waals surface area contributed by atoms with Gasteiger partial charge in [0.1, 0.15) is 0 Å². The zero-order chi connectivity index (χ0) is 8.15. The van der Waals surface area contributed by atoms with Crippen LogP contribution in [0.5, 0.6) is 0 Å². The van der Waals surface area contributed by atoms with Gasteiger partial charge in [0.15, 0.2) is 0 Å². The lowest BCUT2D eigenvalue weighted by Crippen LogP contribution is -2.36. The minimum atomic E-state index is -0.685. The van der Waals surface area contributed by atoms with Crippen LogP contribution < -0.4 is 10.6 Å². The Morgan fingerprint density at radius 1 is 1.30 bits per heavy atom. The van der Waals surface area contributed by atoms with E-state index >= 15 is 0 Å². The highest BCUT2D eigenvalue weighted by Gasteiger charge is 2.08. The van der Waals surface area contributed by atoms with E-state index in [1.54, 1.807) is 6.92 Å². The predicted octanol–water partition coefficient (Wildman–Crippen LogP) is -0.618. The average Bonchev–Trinajstić information content (AvgIpc) is 1.85. The van der Waals surface area contributed by atoms with Crippen LogP contribution in [0, 0.1) is 0 Å². The quantitative estimate of drug-likeness (QED) is 0.479. The van der Waals surface area contributed by atoms with Gasteiger partial charge in [-0.2, -0.15) is 0 Å². The topological polar surface area (TPSA) is 58.2 Å². The summed E-state index contributed by atoms with van der Waals surface area (Å²) in [5.41, 5.74) is 0.452. The van der Waals surface area contributed by atoms with Crippen LogP contribution in [0.3, 0.4) is 0 Å². The summed E-state index contributed by atoms with van der Waals surface area (Å²) in [7, 11) is 1.39. The van der Waals surface area contributed by atoms with E-state index in [0.717, 1.165) is 0 Å². The molecule has 0 rings (SSSR count). The fraction of sp³-hybridized carbons (Fsp3) is 0.333. The molecule has 0 bridgehead atoms. The average molecular weight is 142 g/mol. The van der Waals surface area contributed by atoms with Crippen LogP contribution in [-0.4, -0.2) is 18.9 Å². The van der Waals surface area contributed by atoms with Crippen molar-refractivity contribution in [3.63, 3.8) is 0 Å². The molecule has 0 unspecified atom stereocenters. The van der Waals surface area contributed by atoms with E-state index < -0.39 is 11.8 Å². The Labute approximate surface area is 59.3 Å². The Balaban J connectivity index is 3.86. The Morgan fingerprint density at radius 2 is 1.80 bits per heavy atom. The molecule has 0 heterocycles. The van der Waals surface area contributed by atoms with E-state index in [0.29, 0.717) is 5.70 Å². The highest BCUT2D eigenvalue weighted by atomic mass is 16.2. The zero-order valence-electron chi connectivity index (χ0n) is 6.02. The van der Waals surface area contributed by atoms with Crippen LogP contribution in [0.15, 0.2) is 12.3 Å². The number of carbonyl (C=O) groups excluding carboxylic acids is 2. The van der Waals surface area contributed by atoms with Crippen LogP contribution in [0.1, 0.15) is 6.92 Å². The molecule has 10 heavy (non-hydrogen) atoms. The van der Waals surface area contributed by atoms with Gasteiger partial charge >= 0.3 is 11.8 Å². The Bertz CT molecular complexity index is 175. The molecule has 4 nitrogen and oxygen atoms in total. The summed E-state index contributed by atoms with van der Waals surface area (Å²) < 4.78 is 0. The lowest BCUT2D eigenvalue weighted by molar-refractivity contribution is -0.138. The molecular weight excluding hydrogens is 132 g/mol. The maximum atomic E-state index is 10.6. The Morgan fingerprint density at radius 3 is 2.10 bits per heavy atom. The van der Waals surface area contributed by atoms with Crippen molar-refractivity contribution < 1.29 is 9.59 Å². The number of nitrogens with one attached hydrogen (secondary N) is 2. The molecule has 0 aromatic carbocycles. The molecule has 0 aromatic heterocycles. The molecule has 0 spiro atoms. The molecule has 0 aliphatic carbocycles. The lowest BCUT2D eigenvalue weighted by atomic mass is 10.5. The van der Waals surface area contributed by atoms with Crippen molar-refractivity contribution in [2.24, 2.45) is 0 Å². The second-order valence-electron chi connectivity index (χ2n) is 1.81. The minimum absolute atomic E-state index is 0.452. The molecule has 0 saturated heterocycles. The normalized spacial score (nSPS) is 8.20. The van der Waals surface area contributed by atoms with E-state index in [9.17, 15) is 9.59 Å². The van der Waals surface area contributed by atoms with Crippen LogP contribution in [0.4, 0.5) is 0 Å². The SMILES string of the molecule is C=C(C)NC(=O)C(=O)NC. The number of rotatable bonds is 1. The first-order valence-corrected chi connectivity index (χ1v) is 2.76. The predicted molar refractivity (Wildman–Crippen MR) is 37.0 cm³/mol. The van der Waals surface area contributed by atoms with Crippen molar-refractivity contribution in [3.8, 4) is 0 Å². The second-order valence-corrected chi connectivity index (χ2v) is 1.81. The highest BCUT2D eigenvalue weighted by molar-refractivity contribution is 6.35. The molecule has 0 aliphatic rings. The summed E-state index contributed by atoms with van der Waals surface area (Å²) in [6.07, 6.45) is 0. The zero-order valence-corrected chi connectivity index (χ0v) is 6.02. The fourth-order valence-electron chi connectivity index (χ4n) is 0.364. The first-order valence-electron chi connectivity index (χ1n) is 2.76. The fourth-order valence-corrected chi connectivity index (χ4v) is 0.364. The van der Waals surface area contributed by atoms with E-state index in [4.69, 9.17) is 0 Å². The van der Waals surface area contributed by atoms with Crippen molar-refractivity contribution in [2.75, 3.05) is 7.05 Å². The molecule has 0 aliphatic heterocycles. The van der Waals surface area contributed by atoms with Crippen molar-refractivity contribution in [3.05, 3.63) is 12.3 Å². The second kappa shape index (κ2) is 3.66. The third-order valence-electron chi connectivity index (χ3n) is 0.760. The first kappa shape index (κ1) is 8.68. The molecule has 0 atom stereocenters. The summed E-state index contributed by atoms with van der Waals surface area (Å²) in [6.45, 7) is 5.00.